The Morgan fingerprint density at radius 1 is 1.07 bits per heavy atom. The Kier molecular flexibility index (Phi) is 10.9. The van der Waals surface area contributed by atoms with Crippen molar-refractivity contribution in [2.24, 2.45) is 0 Å². The van der Waals surface area contributed by atoms with Crippen LogP contribution in [0.4, 0.5) is 4.79 Å². The summed E-state index contributed by atoms with van der Waals surface area (Å²) in [7, 11) is -4.11. The number of aryl methyl sites for hydroxylation is 1. The Balaban J connectivity index is 1.49. The molecule has 1 N–H and O–H groups in total. The van der Waals surface area contributed by atoms with Crippen molar-refractivity contribution in [2.45, 2.75) is 120 Å². The van der Waals surface area contributed by atoms with Crippen molar-refractivity contribution in [2.75, 3.05) is 26.2 Å². The standard InChI is InChI=1S/C29H46N2O8S/c1-5-6-7-8-12-19-35-25-24(37-27-26(25)38-29(3,4)39-27)23(20-31-17-10-9-11-18-31)36-28(32)30-40(33,34)22-15-13-21(2)14-16-22/h13-16,23-27H,5-12,17-20H2,1-4H3,(H,30,32)/t23?,24-,25+,26-,27-/m1/s1. The van der Waals surface area contributed by atoms with Crippen molar-refractivity contribution in [3.8, 4) is 0 Å². The summed E-state index contributed by atoms with van der Waals surface area (Å²) < 4.78 is 58.5. The van der Waals surface area contributed by atoms with Gasteiger partial charge < -0.3 is 23.7 Å². The number of unbranched alkanes of at least 4 members (excludes halogenated alkanes) is 4. The highest BCUT2D eigenvalue weighted by Crippen LogP contribution is 2.40. The number of likely N-dealkylation sites (tertiary alicyclic amines) is 1. The molecule has 4 rings (SSSR count). The van der Waals surface area contributed by atoms with E-state index in [1.165, 1.54) is 25.0 Å². The number of sulfonamides is 1. The molecule has 40 heavy (non-hydrogen) atoms. The Bertz CT molecular complexity index is 1060. The third kappa shape index (κ3) is 8.39. The molecule has 0 spiro atoms. The third-order valence-corrected chi connectivity index (χ3v) is 8.97. The Hall–Kier alpha value is -1.76. The number of nitrogens with one attached hydrogen (secondary N) is 1. The Morgan fingerprint density at radius 3 is 2.48 bits per heavy atom. The number of amides is 1. The van der Waals surface area contributed by atoms with Gasteiger partial charge in [0.15, 0.2) is 12.1 Å². The first-order valence-electron chi connectivity index (χ1n) is 14.7. The second-order valence-electron chi connectivity index (χ2n) is 11.5. The molecule has 0 radical (unpaired) electrons. The smallest absolute Gasteiger partial charge is 0.421 e. The number of rotatable bonds is 13. The van der Waals surface area contributed by atoms with Crippen LogP contribution >= 0.6 is 0 Å². The molecule has 226 valence electrons. The molecule has 0 aromatic heterocycles. The summed E-state index contributed by atoms with van der Waals surface area (Å²) in [6.45, 7) is 10.3. The van der Waals surface area contributed by atoms with Crippen molar-refractivity contribution in [3.05, 3.63) is 29.8 Å². The molecule has 0 bridgehead atoms. The number of hydrogen-bond donors (Lipinski definition) is 1. The van der Waals surface area contributed by atoms with Crippen LogP contribution in [0.25, 0.3) is 0 Å². The number of fused-ring (bicyclic) bond motifs is 1. The molecule has 5 atom stereocenters. The summed E-state index contributed by atoms with van der Waals surface area (Å²) in [5.74, 6) is -0.828. The van der Waals surface area contributed by atoms with Gasteiger partial charge in [0.1, 0.15) is 24.4 Å². The molecule has 0 aliphatic carbocycles. The van der Waals surface area contributed by atoms with Gasteiger partial charge in [0.2, 0.25) is 0 Å². The van der Waals surface area contributed by atoms with Gasteiger partial charge in [0, 0.05) is 13.2 Å². The lowest BCUT2D eigenvalue weighted by molar-refractivity contribution is -0.230. The number of ether oxygens (including phenoxy) is 5. The summed E-state index contributed by atoms with van der Waals surface area (Å²) in [5, 5.41) is 0. The maximum Gasteiger partial charge on any atom is 0.421 e. The van der Waals surface area contributed by atoms with Crippen molar-refractivity contribution < 1.29 is 36.9 Å². The number of benzene rings is 1. The number of hydrogen-bond acceptors (Lipinski definition) is 9. The SMILES string of the molecule is CCCCCCCO[C@@H]1[C@H]2OC(C)(C)O[C@H]2O[C@@H]1C(CN1CCCCC1)OC(=O)NS(=O)(=O)c1ccc(C)cc1. The third-order valence-electron chi connectivity index (χ3n) is 7.65. The first-order valence-corrected chi connectivity index (χ1v) is 16.2. The topological polar surface area (TPSA) is 113 Å². The summed E-state index contributed by atoms with van der Waals surface area (Å²) in [4.78, 5) is 15.2. The van der Waals surface area contributed by atoms with Gasteiger partial charge in [-0.1, -0.05) is 56.7 Å². The van der Waals surface area contributed by atoms with Crippen LogP contribution in [0.5, 0.6) is 0 Å². The molecule has 1 unspecified atom stereocenters. The minimum Gasteiger partial charge on any atom is -0.441 e. The average molecular weight is 583 g/mol. The van der Waals surface area contributed by atoms with Crippen LogP contribution in [0.3, 0.4) is 0 Å². The van der Waals surface area contributed by atoms with E-state index in [1.807, 2.05) is 20.8 Å². The van der Waals surface area contributed by atoms with Gasteiger partial charge in [-0.2, -0.15) is 0 Å². The number of nitrogens with zero attached hydrogens (tertiary/aromatic N) is 1. The zero-order chi connectivity index (χ0) is 28.8. The van der Waals surface area contributed by atoms with Crippen LogP contribution in [-0.4, -0.2) is 82.1 Å². The number of carbonyl (C=O) groups is 1. The molecule has 1 aromatic carbocycles. The summed E-state index contributed by atoms with van der Waals surface area (Å²) in [5.41, 5.74) is 0.913. The molecule has 10 nitrogen and oxygen atoms in total. The van der Waals surface area contributed by atoms with E-state index in [-0.39, 0.29) is 4.90 Å². The Labute approximate surface area is 239 Å². The van der Waals surface area contributed by atoms with Crippen LogP contribution in [-0.2, 0) is 33.7 Å². The summed E-state index contributed by atoms with van der Waals surface area (Å²) in [6.07, 6.45) is 4.52. The normalized spacial score (nSPS) is 27.3. The van der Waals surface area contributed by atoms with E-state index in [0.717, 1.165) is 57.2 Å². The molecule has 1 aromatic rings. The second kappa shape index (κ2) is 13.9. The van der Waals surface area contributed by atoms with E-state index in [4.69, 9.17) is 23.7 Å². The van der Waals surface area contributed by atoms with E-state index in [9.17, 15) is 13.2 Å². The molecule has 3 aliphatic rings. The van der Waals surface area contributed by atoms with Crippen molar-refractivity contribution in [3.63, 3.8) is 0 Å². The minimum atomic E-state index is -4.11. The van der Waals surface area contributed by atoms with Crippen molar-refractivity contribution in [1.29, 1.82) is 0 Å². The summed E-state index contributed by atoms with van der Waals surface area (Å²) in [6, 6.07) is 6.27. The maximum absolute atomic E-state index is 13.0. The van der Waals surface area contributed by atoms with Crippen LogP contribution in [0.15, 0.2) is 29.2 Å². The molecular weight excluding hydrogens is 536 g/mol. The molecule has 0 saturated carbocycles. The predicted molar refractivity (Wildman–Crippen MR) is 149 cm³/mol. The van der Waals surface area contributed by atoms with Crippen molar-refractivity contribution in [1.82, 2.24) is 9.62 Å². The Morgan fingerprint density at radius 2 is 1.77 bits per heavy atom. The highest BCUT2D eigenvalue weighted by Gasteiger charge is 2.58. The van der Waals surface area contributed by atoms with Crippen LogP contribution in [0.2, 0.25) is 0 Å². The first-order chi connectivity index (χ1) is 19.1. The maximum atomic E-state index is 13.0. The van der Waals surface area contributed by atoms with Gasteiger partial charge >= 0.3 is 6.09 Å². The van der Waals surface area contributed by atoms with Gasteiger partial charge in [0.25, 0.3) is 10.0 Å². The predicted octanol–water partition coefficient (Wildman–Crippen LogP) is 4.50. The fourth-order valence-electron chi connectivity index (χ4n) is 5.57. The largest absolute Gasteiger partial charge is 0.441 e. The molecule has 3 heterocycles. The zero-order valence-corrected chi connectivity index (χ0v) is 25.1. The van der Waals surface area contributed by atoms with E-state index >= 15 is 0 Å². The number of carbonyl (C=O) groups excluding carboxylic acids is 1. The second-order valence-corrected chi connectivity index (χ2v) is 13.2. The van der Waals surface area contributed by atoms with Crippen LogP contribution < -0.4 is 4.72 Å². The van der Waals surface area contributed by atoms with Gasteiger partial charge in [-0.05, 0) is 65.3 Å². The molecular formula is C29H46N2O8S. The van der Waals surface area contributed by atoms with Crippen LogP contribution in [0.1, 0.15) is 77.7 Å². The highest BCUT2D eigenvalue weighted by atomic mass is 32.2. The lowest BCUT2D eigenvalue weighted by atomic mass is 10.0. The number of piperidine rings is 1. The van der Waals surface area contributed by atoms with Gasteiger partial charge in [0.05, 0.1) is 4.90 Å². The fourth-order valence-corrected chi connectivity index (χ4v) is 6.45. The molecule has 11 heteroatoms. The molecule has 3 saturated heterocycles. The van der Waals surface area contributed by atoms with Crippen molar-refractivity contribution >= 4 is 16.1 Å². The summed E-state index contributed by atoms with van der Waals surface area (Å²) >= 11 is 0. The average Bonchev–Trinajstić information content (AvgIpc) is 3.38. The van der Waals surface area contributed by atoms with E-state index in [0.29, 0.717) is 13.2 Å². The van der Waals surface area contributed by atoms with Gasteiger partial charge in [-0.25, -0.2) is 17.9 Å². The lowest BCUT2D eigenvalue weighted by Gasteiger charge is -2.35. The van der Waals surface area contributed by atoms with E-state index in [2.05, 4.69) is 16.5 Å². The van der Waals surface area contributed by atoms with E-state index < -0.39 is 52.6 Å². The van der Waals surface area contributed by atoms with Gasteiger partial charge in [-0.3, -0.25) is 4.90 Å². The lowest BCUT2D eigenvalue weighted by Crippen LogP contribution is -2.51. The minimum absolute atomic E-state index is 0.0115. The van der Waals surface area contributed by atoms with Crippen LogP contribution in [0, 0.1) is 6.92 Å². The van der Waals surface area contributed by atoms with Gasteiger partial charge in [-0.15, -0.1) is 0 Å². The molecule has 3 aliphatic heterocycles. The van der Waals surface area contributed by atoms with E-state index in [1.54, 1.807) is 12.1 Å². The first kappa shape index (κ1) is 31.2. The molecule has 1 amide bonds. The fraction of sp³-hybridized carbons (Fsp3) is 0.759. The zero-order valence-electron chi connectivity index (χ0n) is 24.3. The monoisotopic (exact) mass is 582 g/mol. The quantitative estimate of drug-likeness (QED) is 0.336. The highest BCUT2D eigenvalue weighted by molar-refractivity contribution is 7.90. The molecule has 3 fully saturated rings.